The predicted octanol–water partition coefficient (Wildman–Crippen LogP) is -1.99. The molecule has 0 aliphatic carbocycles. The highest BCUT2D eigenvalue weighted by atomic mass is 32.2. The maximum absolute atomic E-state index is 15.8. The van der Waals surface area contributed by atoms with Gasteiger partial charge in [0, 0.05) is 118 Å². The number of hydrogen-bond donors (Lipinski definition) is 19. The van der Waals surface area contributed by atoms with Gasteiger partial charge >= 0.3 is 11.9 Å². The lowest BCUT2D eigenvalue weighted by Gasteiger charge is -2.36. The van der Waals surface area contributed by atoms with E-state index in [1.807, 2.05) is 13.8 Å². The normalized spacial score (nSPS) is 24.5. The summed E-state index contributed by atoms with van der Waals surface area (Å²) in [5.41, 5.74) is 20.3. The van der Waals surface area contributed by atoms with Crippen molar-refractivity contribution in [2.45, 2.75) is 240 Å². The van der Waals surface area contributed by atoms with Crippen LogP contribution in [0.3, 0.4) is 0 Å². The van der Waals surface area contributed by atoms with E-state index in [0.29, 0.717) is 76.3 Å². The number of methoxy groups -OCH3 is 1. The summed E-state index contributed by atoms with van der Waals surface area (Å²) in [5.74, 6) is -19.2. The molecule has 744 valence electrons. The Bertz CT molecular complexity index is 5250. The van der Waals surface area contributed by atoms with E-state index in [1.165, 1.54) is 47.7 Å². The summed E-state index contributed by atoms with van der Waals surface area (Å²) < 4.78 is 5.34. The van der Waals surface area contributed by atoms with Crippen molar-refractivity contribution >= 4 is 140 Å². The third kappa shape index (κ3) is 30.0. The van der Waals surface area contributed by atoms with E-state index in [9.17, 15) is 63.3 Å². The van der Waals surface area contributed by atoms with Crippen LogP contribution >= 0.6 is 11.8 Å². The maximum Gasteiger partial charge on any atom is 0.305 e. The number of carbonyl (C=O) groups excluding carboxylic acids is 16. The zero-order valence-corrected chi connectivity index (χ0v) is 78.7. The number of aromatic nitrogens is 4. The first-order valence-electron chi connectivity index (χ1n) is 46.0. The number of benzene rings is 3. The molecule has 6 aromatic rings. The number of carbonyl (C=O) groups is 18. The SMILES string of the molecule is CCCC[C@H]1C(=O)N(C)[C@@H](CCCC)C(=O)N[C@@H](CCCN)C(=O)N[C@H](C(=O)NCC(N)=O)CSCC(=O)N[C@@H](Cc2ccc(OC)cc2)C(=O)N(C)[C@@H](C)C(=O)N[C@H](CC(=O)O)C(=O)N2CCC[C@H]2C(=O)N[C@@H](Cc2cnc[nH]2)C(=O)N[C@@H](CCCCN)C(=O)N2C[C@H](O)C[C@H]2C(=O)N[C@@H](Cc2c[nH]c3ccccc23)C(=O)N[C@@H](CC(=O)O)C(=O)N[C@@H](Cc2c[nH]c3ccccc23)C(=O)N1C. The number of likely N-dealkylation sites (N-methyl/N-ethyl adjacent to an activating group) is 3. The number of carboxylic acid groups (broad SMARTS) is 2. The highest BCUT2D eigenvalue weighted by Crippen LogP contribution is 2.28. The predicted molar refractivity (Wildman–Crippen MR) is 501 cm³/mol. The lowest BCUT2D eigenvalue weighted by atomic mass is 9.99. The number of aliphatic hydroxyl groups is 1. The molecule has 9 rings (SSSR count). The van der Waals surface area contributed by atoms with Gasteiger partial charge in [-0.1, -0.05) is 88.1 Å². The van der Waals surface area contributed by atoms with E-state index in [2.05, 4.69) is 73.1 Å². The van der Waals surface area contributed by atoms with Crippen LogP contribution < -0.4 is 75.1 Å². The smallest absolute Gasteiger partial charge is 0.305 e. The van der Waals surface area contributed by atoms with Crippen molar-refractivity contribution in [3.05, 3.63) is 120 Å². The van der Waals surface area contributed by atoms with E-state index < -0.39 is 241 Å². The van der Waals surface area contributed by atoms with Gasteiger partial charge in [-0.25, -0.2) is 4.98 Å². The second-order valence-corrected chi connectivity index (χ2v) is 35.6. The largest absolute Gasteiger partial charge is 0.497 e. The van der Waals surface area contributed by atoms with Crippen molar-refractivity contribution in [1.82, 2.24) is 97.6 Å². The van der Waals surface area contributed by atoms with Crippen molar-refractivity contribution in [3.8, 4) is 5.75 Å². The number of nitrogens with two attached hydrogens (primary N) is 3. The number of H-pyrrole nitrogens is 3. The van der Waals surface area contributed by atoms with E-state index >= 15 is 38.4 Å². The zero-order valence-electron chi connectivity index (χ0n) is 77.9. The summed E-state index contributed by atoms with van der Waals surface area (Å²) in [5, 5.41) is 59.8. The Labute approximate surface area is 795 Å². The van der Waals surface area contributed by atoms with Gasteiger partial charge in [0.15, 0.2) is 0 Å². The molecule has 3 aromatic carbocycles. The van der Waals surface area contributed by atoms with Gasteiger partial charge in [-0.2, -0.15) is 0 Å². The minimum Gasteiger partial charge on any atom is -0.497 e. The third-order valence-corrected chi connectivity index (χ3v) is 25.7. The molecule has 15 atom stereocenters. The molecule has 3 aliphatic rings. The summed E-state index contributed by atoms with van der Waals surface area (Å²) in [4.78, 5) is 282. The number of amides is 16. The summed E-state index contributed by atoms with van der Waals surface area (Å²) in [6.45, 7) is 3.64. The van der Waals surface area contributed by atoms with E-state index in [-0.39, 0.29) is 102 Å². The molecule has 0 radical (unpaired) electrons. The Morgan fingerprint density at radius 1 is 0.518 bits per heavy atom. The molecule has 16 amide bonds. The molecule has 0 bridgehead atoms. The Morgan fingerprint density at radius 2 is 1.04 bits per heavy atom. The fourth-order valence-corrected chi connectivity index (χ4v) is 17.8. The molecule has 6 heterocycles. The van der Waals surface area contributed by atoms with Crippen LogP contribution in [0.4, 0.5) is 0 Å². The number of nitrogens with one attached hydrogen (secondary N) is 13. The lowest BCUT2D eigenvalue weighted by molar-refractivity contribution is -0.149. The van der Waals surface area contributed by atoms with Crippen molar-refractivity contribution in [3.63, 3.8) is 0 Å². The molecule has 3 aromatic heterocycles. The minimum absolute atomic E-state index is 0.0117. The third-order valence-electron chi connectivity index (χ3n) is 24.7. The average Bonchev–Trinajstić information content (AvgIpc) is 1.79. The highest BCUT2D eigenvalue weighted by molar-refractivity contribution is 8.00. The number of primary amides is 1. The number of aromatic amines is 3. The maximum atomic E-state index is 15.8. The monoisotopic (exact) mass is 1920 g/mol. The molecule has 45 heteroatoms. The fourth-order valence-electron chi connectivity index (χ4n) is 16.9. The topological polar surface area (TPSA) is 652 Å². The number of rotatable bonds is 29. The van der Waals surface area contributed by atoms with E-state index in [0.717, 1.165) is 36.3 Å². The van der Waals surface area contributed by atoms with Gasteiger partial charge in [0.25, 0.3) is 0 Å². The van der Waals surface area contributed by atoms with Gasteiger partial charge in [-0.05, 0) is 119 Å². The number of hydrogen-bond acceptors (Lipinski definition) is 24. The minimum atomic E-state index is -2.05. The number of aliphatic carboxylic acids is 2. The summed E-state index contributed by atoms with van der Waals surface area (Å²) in [6, 6.07) is -2.26. The van der Waals surface area contributed by atoms with E-state index in [1.54, 1.807) is 85.2 Å². The second-order valence-electron chi connectivity index (χ2n) is 34.6. The highest BCUT2D eigenvalue weighted by Gasteiger charge is 2.47. The molecule has 0 unspecified atom stereocenters. The van der Waals surface area contributed by atoms with Crippen LogP contribution in [0.15, 0.2) is 97.7 Å². The van der Waals surface area contributed by atoms with Crippen molar-refractivity contribution < 1.29 is 106 Å². The first-order valence-corrected chi connectivity index (χ1v) is 47.1. The number of nitrogens with zero attached hydrogens (tertiary/aromatic N) is 6. The second kappa shape index (κ2) is 51.9. The Hall–Kier alpha value is -13.6. The van der Waals surface area contributed by atoms with Crippen LogP contribution in [-0.2, 0) is 112 Å². The van der Waals surface area contributed by atoms with Gasteiger partial charge in [0.1, 0.15) is 90.3 Å². The lowest BCUT2D eigenvalue weighted by Crippen LogP contribution is -2.61. The molecule has 3 saturated heterocycles. The standard InChI is InChI=1S/C92H128N22O22S/c1-8-10-26-71-85(128)102-62(25-18-34-94)81(124)109-70(80(123)99-46-75(95)116)48-137-49-76(117)101-67(36-52-29-31-57(136-7)32-30-52)88(131)110(4)51(3)79(122)107-69(42-78(120)121)91(134)113-35-19-28-72(113)86(129)106-65(39-55-45-96-50-100-55)83(126)103-63(24-16-17-33-93)90(133)114-47-56(115)40-74(114)87(130)105-64(37-53-43-97-60-22-14-12-20-58(53)60)82(125)104-66(41-77(118)119)84(127)108-68(38-54-44-98-61-23-15-13-21-59(54)61)89(132)112(6)73(27-11-9-2)92(135)111(71)5/h12-15,20-23,29-32,43-45,50-51,56,62-74,97-98,115H,8-11,16-19,24-28,33-42,46-49,93-94H2,1-7H3,(H2,95,116)(H,96,100)(H,99,123)(H,101,117)(H,102,128)(H,103,126)(H,104,125)(H,105,130)(H,106,129)(H,107,122)(H,108,127)(H,109,124)(H,118,119)(H,120,121)/t51-,56+,62-,63-,64-,65-,66-,67-,68-,69+,70-,71-,72-,73-,74-/m0/s1. The number of aliphatic hydroxyl groups excluding tert-OH is 1. The first kappa shape index (κ1) is 107. The number of para-hydroxylation sites is 2. The quantitative estimate of drug-likeness (QED) is 0.0226. The van der Waals surface area contributed by atoms with Gasteiger partial charge in [0.2, 0.25) is 94.5 Å². The van der Waals surface area contributed by atoms with Crippen molar-refractivity contribution in [2.75, 3.05) is 72.5 Å². The van der Waals surface area contributed by atoms with Gasteiger partial charge < -0.3 is 130 Å². The number of carboxylic acids is 2. The molecule has 0 saturated carbocycles. The first-order chi connectivity index (χ1) is 65.5. The zero-order chi connectivity index (χ0) is 99.9. The van der Waals surface area contributed by atoms with Crippen LogP contribution in [0.2, 0.25) is 0 Å². The van der Waals surface area contributed by atoms with Crippen LogP contribution in [0.5, 0.6) is 5.75 Å². The molecule has 44 nitrogen and oxygen atoms in total. The van der Waals surface area contributed by atoms with Gasteiger partial charge in [-0.3, -0.25) is 86.3 Å². The van der Waals surface area contributed by atoms with E-state index in [4.69, 9.17) is 21.9 Å². The van der Waals surface area contributed by atoms with Crippen molar-refractivity contribution in [2.24, 2.45) is 17.2 Å². The molecule has 137 heavy (non-hydrogen) atoms. The van der Waals surface area contributed by atoms with Crippen LogP contribution in [0, 0.1) is 0 Å². The molecule has 3 aliphatic heterocycles. The molecule has 3 fully saturated rings. The van der Waals surface area contributed by atoms with Crippen molar-refractivity contribution in [1.29, 1.82) is 0 Å². The van der Waals surface area contributed by atoms with Crippen LogP contribution in [0.1, 0.15) is 146 Å². The number of fused-ring (bicyclic) bond motifs is 4. The van der Waals surface area contributed by atoms with Crippen LogP contribution in [-0.4, -0.2) is 329 Å². The Morgan fingerprint density at radius 3 is 1.64 bits per heavy atom. The number of unbranched alkanes of at least 4 members (excludes halogenated alkanes) is 3. The summed E-state index contributed by atoms with van der Waals surface area (Å²) in [6.07, 6.45) is 2.40. The molecular weight excluding hydrogens is 1800 g/mol. The molecule has 22 N–H and O–H groups in total. The fraction of sp³-hybridized carbons (Fsp3) is 0.533. The average molecular weight is 1930 g/mol. The summed E-state index contributed by atoms with van der Waals surface area (Å²) in [7, 11) is 5.30. The van der Waals surface area contributed by atoms with Gasteiger partial charge in [0.05, 0.1) is 44.7 Å². The number of ether oxygens (including phenoxy) is 1. The number of thioether (sulfide) groups is 1. The van der Waals surface area contributed by atoms with Crippen LogP contribution in [0.25, 0.3) is 21.8 Å². The molecule has 0 spiro atoms. The Kier molecular flexibility index (Phi) is 40.6. The van der Waals surface area contributed by atoms with Gasteiger partial charge in [-0.15, -0.1) is 11.8 Å². The summed E-state index contributed by atoms with van der Waals surface area (Å²) >= 11 is 0.778. The number of imidazole rings is 1. The molecular formula is C92H128N22O22S. The Balaban J connectivity index is 1.11.